The first-order chi connectivity index (χ1) is 10.3. The Morgan fingerprint density at radius 3 is 2.95 bits per heavy atom. The molecule has 21 heavy (non-hydrogen) atoms. The summed E-state index contributed by atoms with van der Waals surface area (Å²) in [5, 5.41) is 13.5. The molecule has 3 aromatic rings. The van der Waals surface area contributed by atoms with Gasteiger partial charge in [-0.3, -0.25) is 4.99 Å². The molecule has 0 radical (unpaired) electrons. The predicted molar refractivity (Wildman–Crippen MR) is 82.8 cm³/mol. The summed E-state index contributed by atoms with van der Waals surface area (Å²) in [6, 6.07) is 10.1. The molecule has 2 aromatic heterocycles. The van der Waals surface area contributed by atoms with Gasteiger partial charge >= 0.3 is 0 Å². The van der Waals surface area contributed by atoms with E-state index in [4.69, 9.17) is 4.99 Å². The third-order valence-corrected chi connectivity index (χ3v) is 4.33. The van der Waals surface area contributed by atoms with Crippen LogP contribution < -0.4 is 10.6 Å². The van der Waals surface area contributed by atoms with Gasteiger partial charge < -0.3 is 9.51 Å². The summed E-state index contributed by atoms with van der Waals surface area (Å²) < 4.78 is 2.03. The second-order valence-electron chi connectivity index (χ2n) is 5.44. The first-order valence-corrected chi connectivity index (χ1v) is 7.02. The lowest BCUT2D eigenvalue weighted by Crippen LogP contribution is -2.25. The number of para-hydroxylation sites is 1. The molecule has 1 aromatic carbocycles. The molecule has 3 nitrogen and oxygen atoms in total. The molecule has 1 atom stereocenters. The molecule has 2 aliphatic rings. The molecule has 0 fully saturated rings. The Balaban J connectivity index is 2.08. The first-order valence-electron chi connectivity index (χ1n) is 7.02. The third kappa shape index (κ3) is 1.26. The van der Waals surface area contributed by atoms with Crippen LogP contribution >= 0.6 is 0 Å². The molecule has 0 spiro atoms. The number of aromatic hydroxyl groups is 1. The summed E-state index contributed by atoms with van der Waals surface area (Å²) in [6.45, 7) is 0. The Labute approximate surface area is 120 Å². The molecule has 0 saturated heterocycles. The molecule has 1 unspecified atom stereocenters. The van der Waals surface area contributed by atoms with E-state index in [1.54, 1.807) is 0 Å². The smallest absolute Gasteiger partial charge is 0.151 e. The van der Waals surface area contributed by atoms with Gasteiger partial charge in [-0.05, 0) is 23.8 Å². The molecule has 1 aliphatic carbocycles. The van der Waals surface area contributed by atoms with Gasteiger partial charge in [0.15, 0.2) is 5.75 Å². The highest BCUT2D eigenvalue weighted by Gasteiger charge is 2.20. The fraction of sp³-hybridized carbons (Fsp3) is 0.0556. The Kier molecular flexibility index (Phi) is 1.89. The van der Waals surface area contributed by atoms with Gasteiger partial charge in [-0.2, -0.15) is 0 Å². The predicted octanol–water partition coefficient (Wildman–Crippen LogP) is 2.08. The van der Waals surface area contributed by atoms with E-state index in [9.17, 15) is 5.11 Å². The zero-order chi connectivity index (χ0) is 14.0. The third-order valence-electron chi connectivity index (χ3n) is 4.33. The highest BCUT2D eigenvalue weighted by atomic mass is 16.3. The van der Waals surface area contributed by atoms with E-state index < -0.39 is 0 Å². The van der Waals surface area contributed by atoms with Crippen LogP contribution in [-0.4, -0.2) is 15.5 Å². The number of hydrogen-bond donors (Lipinski definition) is 1. The number of aromatic nitrogens is 1. The highest BCUT2D eigenvalue weighted by Crippen LogP contribution is 2.30. The van der Waals surface area contributed by atoms with Crippen molar-refractivity contribution in [1.82, 2.24) is 4.40 Å². The molecule has 5 rings (SSSR count). The number of benzene rings is 1. The van der Waals surface area contributed by atoms with Crippen LogP contribution in [0.5, 0.6) is 5.75 Å². The monoisotopic (exact) mass is 272 g/mol. The second-order valence-corrected chi connectivity index (χ2v) is 5.44. The lowest BCUT2D eigenvalue weighted by Gasteiger charge is -2.06. The fourth-order valence-electron chi connectivity index (χ4n) is 3.38. The number of pyridine rings is 1. The molecule has 1 aliphatic heterocycles. The van der Waals surface area contributed by atoms with Crippen LogP contribution in [-0.2, 0) is 0 Å². The van der Waals surface area contributed by atoms with Gasteiger partial charge in [0.2, 0.25) is 0 Å². The highest BCUT2D eigenvalue weighted by molar-refractivity contribution is 5.95. The summed E-state index contributed by atoms with van der Waals surface area (Å²) in [5.74, 6) is 0.318. The molecule has 3 heteroatoms. The summed E-state index contributed by atoms with van der Waals surface area (Å²) in [7, 11) is 0. The minimum absolute atomic E-state index is 0.0774. The van der Waals surface area contributed by atoms with Crippen molar-refractivity contribution in [3.63, 3.8) is 0 Å². The fourth-order valence-corrected chi connectivity index (χ4v) is 3.38. The Hall–Kier alpha value is -2.81. The summed E-state index contributed by atoms with van der Waals surface area (Å²) >= 11 is 0. The standard InChI is InChI=1S/C18H12N2O/c21-18-13-6-2-4-8-15(13)20-10-9-12-11-5-1-3-7-14(11)19-16(12)17(18)20/h1-10,14,21H. The zero-order valence-electron chi connectivity index (χ0n) is 11.2. The van der Waals surface area contributed by atoms with Gasteiger partial charge in [0, 0.05) is 16.8 Å². The quantitative estimate of drug-likeness (QED) is 0.668. The molecule has 0 saturated carbocycles. The van der Waals surface area contributed by atoms with Crippen molar-refractivity contribution in [2.45, 2.75) is 6.04 Å². The summed E-state index contributed by atoms with van der Waals surface area (Å²) in [6.07, 6.45) is 10.3. The molecular weight excluding hydrogens is 260 g/mol. The number of nitrogens with zero attached hydrogens (tertiary/aromatic N) is 2. The van der Waals surface area contributed by atoms with Gasteiger partial charge in [0.1, 0.15) is 5.52 Å². The number of fused-ring (bicyclic) bond motifs is 6. The van der Waals surface area contributed by atoms with Crippen molar-refractivity contribution in [2.75, 3.05) is 0 Å². The minimum atomic E-state index is 0.0774. The minimum Gasteiger partial charge on any atom is -0.505 e. The van der Waals surface area contributed by atoms with E-state index in [-0.39, 0.29) is 6.04 Å². The lowest BCUT2D eigenvalue weighted by molar-refractivity contribution is 0.486. The largest absolute Gasteiger partial charge is 0.505 e. The number of rotatable bonds is 0. The van der Waals surface area contributed by atoms with Gasteiger partial charge in [-0.25, -0.2) is 0 Å². The molecule has 3 heterocycles. The lowest BCUT2D eigenvalue weighted by atomic mass is 10.0. The first kappa shape index (κ1) is 10.9. The number of hydrogen-bond acceptors (Lipinski definition) is 2. The Morgan fingerprint density at radius 2 is 2.00 bits per heavy atom. The average Bonchev–Trinajstić information content (AvgIpc) is 3.04. The van der Waals surface area contributed by atoms with Gasteiger partial charge in [-0.15, -0.1) is 0 Å². The molecule has 0 bridgehead atoms. The van der Waals surface area contributed by atoms with Gasteiger partial charge in [-0.1, -0.05) is 36.4 Å². The van der Waals surface area contributed by atoms with Crippen LogP contribution in [0.1, 0.15) is 0 Å². The topological polar surface area (TPSA) is 37.0 Å². The van der Waals surface area contributed by atoms with E-state index in [1.165, 1.54) is 5.57 Å². The normalized spacial score (nSPS) is 19.0. The SMILES string of the molecule is Oc1c2ccccc2n2ccc3c(c12)=NC1C=CC=CC=31. The van der Waals surface area contributed by atoms with Crippen molar-refractivity contribution in [3.8, 4) is 5.75 Å². The Bertz CT molecular complexity index is 1100. The van der Waals surface area contributed by atoms with Crippen molar-refractivity contribution in [1.29, 1.82) is 0 Å². The maximum atomic E-state index is 10.6. The number of allylic oxidation sites excluding steroid dienone is 2. The van der Waals surface area contributed by atoms with E-state index in [2.05, 4.69) is 18.2 Å². The molecule has 0 amide bonds. The maximum Gasteiger partial charge on any atom is 0.151 e. The van der Waals surface area contributed by atoms with E-state index in [0.29, 0.717) is 5.75 Å². The second kappa shape index (κ2) is 3.64. The van der Waals surface area contributed by atoms with Crippen LogP contribution in [0.3, 0.4) is 0 Å². The Morgan fingerprint density at radius 1 is 1.10 bits per heavy atom. The van der Waals surface area contributed by atoms with Crippen LogP contribution in [0.15, 0.2) is 65.8 Å². The molecular formula is C18H12N2O. The van der Waals surface area contributed by atoms with Crippen molar-refractivity contribution >= 4 is 22.0 Å². The maximum absolute atomic E-state index is 10.6. The van der Waals surface area contributed by atoms with E-state index in [0.717, 1.165) is 27.0 Å². The zero-order valence-corrected chi connectivity index (χ0v) is 11.2. The summed E-state index contributed by atoms with van der Waals surface area (Å²) in [5.41, 5.74) is 3.02. The molecule has 1 N–H and O–H groups in total. The van der Waals surface area contributed by atoms with Crippen LogP contribution in [0.25, 0.3) is 22.0 Å². The van der Waals surface area contributed by atoms with Crippen molar-refractivity contribution in [3.05, 3.63) is 71.4 Å². The van der Waals surface area contributed by atoms with Crippen molar-refractivity contribution in [2.24, 2.45) is 4.99 Å². The van der Waals surface area contributed by atoms with E-state index in [1.807, 2.05) is 47.0 Å². The average molecular weight is 272 g/mol. The van der Waals surface area contributed by atoms with Crippen LogP contribution in [0, 0.1) is 0 Å². The van der Waals surface area contributed by atoms with Crippen LogP contribution in [0.4, 0.5) is 0 Å². The molecule has 100 valence electrons. The van der Waals surface area contributed by atoms with Gasteiger partial charge in [0.05, 0.1) is 16.9 Å². The van der Waals surface area contributed by atoms with Crippen LogP contribution in [0.2, 0.25) is 0 Å². The summed E-state index contributed by atoms with van der Waals surface area (Å²) in [4.78, 5) is 4.80. The van der Waals surface area contributed by atoms with E-state index >= 15 is 0 Å². The van der Waals surface area contributed by atoms with Gasteiger partial charge in [0.25, 0.3) is 0 Å². The van der Waals surface area contributed by atoms with Crippen molar-refractivity contribution < 1.29 is 5.11 Å².